The van der Waals surface area contributed by atoms with Crippen LogP contribution in [0.3, 0.4) is 0 Å². The van der Waals surface area contributed by atoms with Crippen LogP contribution in [0.4, 0.5) is 0 Å². The molecule has 0 aliphatic rings. The summed E-state index contributed by atoms with van der Waals surface area (Å²) in [5.41, 5.74) is 1.97. The molecule has 0 atom stereocenters. The van der Waals surface area contributed by atoms with E-state index in [1.807, 2.05) is 41.3 Å². The van der Waals surface area contributed by atoms with Crippen LogP contribution in [-0.2, 0) is 6.54 Å². The van der Waals surface area contributed by atoms with E-state index in [-0.39, 0.29) is 0 Å². The smallest absolute Gasteiger partial charge is 0.0969 e. The summed E-state index contributed by atoms with van der Waals surface area (Å²) >= 11 is 0. The fourth-order valence-electron chi connectivity index (χ4n) is 2.29. The molecule has 0 fully saturated rings. The summed E-state index contributed by atoms with van der Waals surface area (Å²) in [5.74, 6) is 0.630. The summed E-state index contributed by atoms with van der Waals surface area (Å²) in [6.45, 7) is 6.10. The molecule has 0 amide bonds. The van der Waals surface area contributed by atoms with Gasteiger partial charge in [0, 0.05) is 29.7 Å². The number of benzene rings is 1. The predicted molar refractivity (Wildman–Crippen MR) is 83.2 cm³/mol. The summed E-state index contributed by atoms with van der Waals surface area (Å²) in [7, 11) is 0. The van der Waals surface area contributed by atoms with Gasteiger partial charge in [0.15, 0.2) is 0 Å². The lowest BCUT2D eigenvalue weighted by Gasteiger charge is -2.05. The zero-order valence-electron chi connectivity index (χ0n) is 12.3. The zero-order chi connectivity index (χ0) is 14.7. The lowest BCUT2D eigenvalue weighted by Crippen LogP contribution is -2.19. The molecule has 0 aliphatic heterocycles. The largest absolute Gasteiger partial charge is 0.311 e. The van der Waals surface area contributed by atoms with Crippen molar-refractivity contribution in [3.05, 3.63) is 48.5 Å². The van der Waals surface area contributed by atoms with Gasteiger partial charge in [0.25, 0.3) is 0 Å². The second-order valence-electron chi connectivity index (χ2n) is 5.55. The molecule has 5 nitrogen and oxygen atoms in total. The minimum atomic E-state index is 0.630. The molecule has 1 aromatic carbocycles. The summed E-state index contributed by atoms with van der Waals surface area (Å²) < 4.78 is 1.83. The van der Waals surface area contributed by atoms with Crippen LogP contribution in [0.1, 0.15) is 19.5 Å². The molecule has 0 saturated heterocycles. The first-order valence-electron chi connectivity index (χ1n) is 7.19. The maximum Gasteiger partial charge on any atom is 0.0969 e. The van der Waals surface area contributed by atoms with Gasteiger partial charge in [-0.3, -0.25) is 4.98 Å². The summed E-state index contributed by atoms with van der Waals surface area (Å²) in [6, 6.07) is 8.11. The van der Waals surface area contributed by atoms with E-state index in [9.17, 15) is 0 Å². The predicted octanol–water partition coefficient (Wildman–Crippen LogP) is 2.56. The van der Waals surface area contributed by atoms with Crippen LogP contribution in [0.5, 0.6) is 0 Å². The van der Waals surface area contributed by atoms with Crippen molar-refractivity contribution in [2.24, 2.45) is 5.92 Å². The van der Waals surface area contributed by atoms with Gasteiger partial charge < -0.3 is 5.32 Å². The van der Waals surface area contributed by atoms with Crippen molar-refractivity contribution in [1.29, 1.82) is 0 Å². The van der Waals surface area contributed by atoms with Crippen LogP contribution in [0.2, 0.25) is 0 Å². The zero-order valence-corrected chi connectivity index (χ0v) is 12.3. The molecule has 21 heavy (non-hydrogen) atoms. The Balaban J connectivity index is 1.85. The molecule has 108 valence electrons. The third-order valence-electron chi connectivity index (χ3n) is 3.30. The van der Waals surface area contributed by atoms with Crippen LogP contribution < -0.4 is 5.32 Å². The Morgan fingerprint density at radius 1 is 1.24 bits per heavy atom. The lowest BCUT2D eigenvalue weighted by molar-refractivity contribution is 0.548. The molecular weight excluding hydrogens is 262 g/mol. The van der Waals surface area contributed by atoms with E-state index < -0.39 is 0 Å². The maximum atomic E-state index is 4.24. The molecule has 5 heteroatoms. The van der Waals surface area contributed by atoms with Crippen LogP contribution >= 0.6 is 0 Å². The highest BCUT2D eigenvalue weighted by Gasteiger charge is 2.06. The standard InChI is InChI=1S/C16H19N5/c1-12(2)8-18-10-14-11-21(20-19-14)16-5-3-4-13-9-17-7-6-15(13)16/h3-7,9,11-12,18H,8,10H2,1-2H3. The Hall–Kier alpha value is -2.27. The van der Waals surface area contributed by atoms with Crippen molar-refractivity contribution in [3.8, 4) is 5.69 Å². The van der Waals surface area contributed by atoms with Crippen molar-refractivity contribution >= 4 is 10.8 Å². The second-order valence-corrected chi connectivity index (χ2v) is 5.55. The SMILES string of the molecule is CC(C)CNCc1cn(-c2cccc3cnccc23)nn1. The van der Waals surface area contributed by atoms with E-state index >= 15 is 0 Å². The van der Waals surface area contributed by atoms with Gasteiger partial charge in [0.2, 0.25) is 0 Å². The third-order valence-corrected chi connectivity index (χ3v) is 3.30. The Morgan fingerprint density at radius 3 is 3.00 bits per heavy atom. The van der Waals surface area contributed by atoms with Crippen LogP contribution in [0, 0.1) is 5.92 Å². The number of nitrogens with zero attached hydrogens (tertiary/aromatic N) is 4. The van der Waals surface area contributed by atoms with Crippen molar-refractivity contribution in [2.75, 3.05) is 6.54 Å². The molecule has 3 aromatic rings. The van der Waals surface area contributed by atoms with Gasteiger partial charge in [0.1, 0.15) is 0 Å². The van der Waals surface area contributed by atoms with E-state index in [1.54, 1.807) is 6.20 Å². The first kappa shape index (κ1) is 13.7. The van der Waals surface area contributed by atoms with Gasteiger partial charge in [-0.1, -0.05) is 31.2 Å². The Bertz CT molecular complexity index is 727. The molecule has 2 aromatic heterocycles. The number of rotatable bonds is 5. The maximum absolute atomic E-state index is 4.24. The van der Waals surface area contributed by atoms with Gasteiger partial charge in [0.05, 0.1) is 17.6 Å². The average Bonchev–Trinajstić information content (AvgIpc) is 2.95. The molecule has 3 rings (SSSR count). The minimum Gasteiger partial charge on any atom is -0.311 e. The molecule has 0 radical (unpaired) electrons. The fourth-order valence-corrected chi connectivity index (χ4v) is 2.29. The van der Waals surface area contributed by atoms with E-state index in [0.29, 0.717) is 5.92 Å². The van der Waals surface area contributed by atoms with E-state index in [2.05, 4.69) is 34.5 Å². The minimum absolute atomic E-state index is 0.630. The van der Waals surface area contributed by atoms with Crippen molar-refractivity contribution in [1.82, 2.24) is 25.3 Å². The molecule has 0 saturated carbocycles. The molecule has 1 N–H and O–H groups in total. The normalized spacial score (nSPS) is 11.4. The monoisotopic (exact) mass is 281 g/mol. The highest BCUT2D eigenvalue weighted by atomic mass is 15.4. The summed E-state index contributed by atoms with van der Waals surface area (Å²) in [5, 5.41) is 14.1. The molecule has 0 unspecified atom stereocenters. The third kappa shape index (κ3) is 3.08. The highest BCUT2D eigenvalue weighted by molar-refractivity contribution is 5.89. The van der Waals surface area contributed by atoms with Gasteiger partial charge in [-0.05, 0) is 24.6 Å². The summed E-state index contributed by atoms with van der Waals surface area (Å²) in [4.78, 5) is 4.15. The van der Waals surface area contributed by atoms with Gasteiger partial charge in [-0.15, -0.1) is 5.10 Å². The Morgan fingerprint density at radius 2 is 2.14 bits per heavy atom. The molecular formula is C16H19N5. The van der Waals surface area contributed by atoms with Crippen molar-refractivity contribution < 1.29 is 0 Å². The van der Waals surface area contributed by atoms with Crippen LogP contribution in [-0.4, -0.2) is 26.5 Å². The number of aromatic nitrogens is 4. The highest BCUT2D eigenvalue weighted by Crippen LogP contribution is 2.20. The van der Waals surface area contributed by atoms with Gasteiger partial charge in [-0.25, -0.2) is 4.68 Å². The van der Waals surface area contributed by atoms with E-state index in [4.69, 9.17) is 0 Å². The first-order valence-corrected chi connectivity index (χ1v) is 7.19. The number of hydrogen-bond donors (Lipinski definition) is 1. The second kappa shape index (κ2) is 6.01. The quantitative estimate of drug-likeness (QED) is 0.781. The fraction of sp³-hybridized carbons (Fsp3) is 0.312. The number of hydrogen-bond acceptors (Lipinski definition) is 4. The number of fused-ring (bicyclic) bond motifs is 1. The van der Waals surface area contributed by atoms with E-state index in [0.717, 1.165) is 35.2 Å². The molecule has 2 heterocycles. The number of pyridine rings is 1. The number of nitrogens with one attached hydrogen (secondary N) is 1. The molecule has 0 spiro atoms. The first-order chi connectivity index (χ1) is 10.2. The van der Waals surface area contributed by atoms with Gasteiger partial charge >= 0.3 is 0 Å². The topological polar surface area (TPSA) is 55.6 Å². The Kier molecular flexibility index (Phi) is 3.92. The van der Waals surface area contributed by atoms with Gasteiger partial charge in [-0.2, -0.15) is 0 Å². The van der Waals surface area contributed by atoms with Crippen LogP contribution in [0.15, 0.2) is 42.9 Å². The van der Waals surface area contributed by atoms with Crippen LogP contribution in [0.25, 0.3) is 16.5 Å². The molecule has 0 bridgehead atoms. The Labute approximate surface area is 124 Å². The summed E-state index contributed by atoms with van der Waals surface area (Å²) in [6.07, 6.45) is 5.64. The van der Waals surface area contributed by atoms with E-state index in [1.165, 1.54) is 0 Å². The van der Waals surface area contributed by atoms with Crippen molar-refractivity contribution in [3.63, 3.8) is 0 Å². The molecule has 0 aliphatic carbocycles. The van der Waals surface area contributed by atoms with Crippen molar-refractivity contribution in [2.45, 2.75) is 20.4 Å². The lowest BCUT2D eigenvalue weighted by atomic mass is 10.1. The average molecular weight is 281 g/mol.